The summed E-state index contributed by atoms with van der Waals surface area (Å²) in [5.74, 6) is -1.50. The molecule has 0 spiro atoms. The number of carbonyl (C=O) groups excluding carboxylic acids is 1. The van der Waals surface area contributed by atoms with Gasteiger partial charge < -0.3 is 15.1 Å². The Morgan fingerprint density at radius 3 is 2.34 bits per heavy atom. The van der Waals surface area contributed by atoms with Crippen LogP contribution in [0.15, 0.2) is 48.5 Å². The summed E-state index contributed by atoms with van der Waals surface area (Å²) < 4.78 is 0. The predicted octanol–water partition coefficient (Wildman–Crippen LogP) is 5.69. The summed E-state index contributed by atoms with van der Waals surface area (Å²) in [5.41, 5.74) is 0.681. The van der Waals surface area contributed by atoms with Gasteiger partial charge in [0.15, 0.2) is 0 Å². The summed E-state index contributed by atoms with van der Waals surface area (Å²) in [6.45, 7) is 5.29. The summed E-state index contributed by atoms with van der Waals surface area (Å²) in [5, 5.41) is 21.3. The number of nitrogens with zero attached hydrogens (tertiary/aromatic N) is 1. The molecule has 7 heteroatoms. The number of aliphatic carboxylic acids is 1. The van der Waals surface area contributed by atoms with Gasteiger partial charge in [0.2, 0.25) is 5.91 Å². The van der Waals surface area contributed by atoms with E-state index in [9.17, 15) is 19.8 Å². The van der Waals surface area contributed by atoms with E-state index in [1.54, 1.807) is 36.9 Å². The highest BCUT2D eigenvalue weighted by Crippen LogP contribution is 2.52. The number of amides is 1. The Bertz CT molecular complexity index is 978. The molecule has 5 nitrogen and oxygen atoms in total. The van der Waals surface area contributed by atoms with E-state index in [0.717, 1.165) is 11.1 Å². The van der Waals surface area contributed by atoms with Gasteiger partial charge in [-0.2, -0.15) is 0 Å². The maximum atomic E-state index is 13.9. The summed E-state index contributed by atoms with van der Waals surface area (Å²) in [6.07, 6.45) is -0.202. The summed E-state index contributed by atoms with van der Waals surface area (Å²) in [4.78, 5) is 27.3. The molecule has 172 valence electrons. The topological polar surface area (TPSA) is 77.8 Å². The first-order chi connectivity index (χ1) is 15.1. The smallest absolute Gasteiger partial charge is 0.304 e. The van der Waals surface area contributed by atoms with Crippen molar-refractivity contribution < 1.29 is 19.8 Å². The zero-order valence-electron chi connectivity index (χ0n) is 18.5. The van der Waals surface area contributed by atoms with Crippen LogP contribution in [0.25, 0.3) is 0 Å². The van der Waals surface area contributed by atoms with Gasteiger partial charge in [0.25, 0.3) is 0 Å². The average molecular weight is 478 g/mol. The van der Waals surface area contributed by atoms with E-state index in [4.69, 9.17) is 23.2 Å². The lowest BCUT2D eigenvalue weighted by Gasteiger charge is -2.52. The molecule has 1 fully saturated rings. The molecule has 0 aliphatic carbocycles. The molecule has 1 aliphatic heterocycles. The fourth-order valence-corrected chi connectivity index (χ4v) is 5.34. The molecule has 1 saturated heterocycles. The molecular formula is C25H29Cl2NO4. The van der Waals surface area contributed by atoms with Crippen molar-refractivity contribution in [1.82, 2.24) is 4.90 Å². The lowest BCUT2D eigenvalue weighted by molar-refractivity contribution is -0.163. The van der Waals surface area contributed by atoms with Gasteiger partial charge in [-0.25, -0.2) is 0 Å². The molecule has 0 radical (unpaired) electrons. The van der Waals surface area contributed by atoms with Crippen molar-refractivity contribution in [1.29, 1.82) is 0 Å². The quantitative estimate of drug-likeness (QED) is 0.536. The fraction of sp³-hybridized carbons (Fsp3) is 0.440. The van der Waals surface area contributed by atoms with Gasteiger partial charge in [-0.05, 0) is 55.2 Å². The van der Waals surface area contributed by atoms with Crippen molar-refractivity contribution in [3.8, 4) is 0 Å². The minimum Gasteiger partial charge on any atom is -0.481 e. The normalized spacial score (nSPS) is 25.4. The first-order valence-corrected chi connectivity index (χ1v) is 11.6. The Hall–Kier alpha value is -2.08. The van der Waals surface area contributed by atoms with E-state index in [2.05, 4.69) is 0 Å². The number of likely N-dealkylation sites (tertiary alicyclic amines) is 1. The highest BCUT2D eigenvalue weighted by Gasteiger charge is 2.52. The van der Waals surface area contributed by atoms with Crippen LogP contribution >= 0.6 is 23.2 Å². The van der Waals surface area contributed by atoms with Crippen LogP contribution in [-0.4, -0.2) is 39.1 Å². The number of hydrogen-bond acceptors (Lipinski definition) is 3. The molecule has 1 aliphatic rings. The minimum absolute atomic E-state index is 0.218. The maximum Gasteiger partial charge on any atom is 0.304 e. The van der Waals surface area contributed by atoms with Crippen LogP contribution in [0.2, 0.25) is 10.0 Å². The third-order valence-corrected chi connectivity index (χ3v) is 6.95. The lowest BCUT2D eigenvalue weighted by Crippen LogP contribution is -2.58. The SMILES string of the molecule is CC[C@H]([C@H](C)O)N1C(=O)[C@](C)(CC(=O)O)C[C@@H](c2cccc(Cl)c2)[C@@H]1c1ccc(Cl)cc1. The zero-order chi connectivity index (χ0) is 23.6. The van der Waals surface area contributed by atoms with Crippen molar-refractivity contribution in [3.63, 3.8) is 0 Å². The molecule has 0 saturated carbocycles. The molecule has 0 aromatic heterocycles. The van der Waals surface area contributed by atoms with Crippen molar-refractivity contribution >= 4 is 35.1 Å². The Kier molecular flexibility index (Phi) is 7.53. The van der Waals surface area contributed by atoms with E-state index in [1.165, 1.54) is 0 Å². The minimum atomic E-state index is -1.12. The monoisotopic (exact) mass is 477 g/mol. The highest BCUT2D eigenvalue weighted by molar-refractivity contribution is 6.30. The van der Waals surface area contributed by atoms with Crippen LogP contribution in [0.3, 0.4) is 0 Å². The molecule has 0 bridgehead atoms. The van der Waals surface area contributed by atoms with Gasteiger partial charge in [0.1, 0.15) is 0 Å². The third kappa shape index (κ3) is 4.95. The molecule has 2 aromatic rings. The largest absolute Gasteiger partial charge is 0.481 e. The Balaban J connectivity index is 2.25. The van der Waals surface area contributed by atoms with Crippen molar-refractivity contribution in [3.05, 3.63) is 69.7 Å². The molecular weight excluding hydrogens is 449 g/mol. The number of piperidine rings is 1. The van der Waals surface area contributed by atoms with Crippen LogP contribution in [-0.2, 0) is 9.59 Å². The molecule has 3 rings (SSSR count). The van der Waals surface area contributed by atoms with E-state index in [1.807, 2.05) is 37.3 Å². The van der Waals surface area contributed by atoms with E-state index in [-0.39, 0.29) is 18.2 Å². The number of halogens is 2. The molecule has 2 aromatic carbocycles. The van der Waals surface area contributed by atoms with Crippen LogP contribution in [0.1, 0.15) is 63.1 Å². The number of benzene rings is 2. The van der Waals surface area contributed by atoms with Crippen LogP contribution < -0.4 is 0 Å². The Labute approximate surface area is 199 Å². The van der Waals surface area contributed by atoms with Gasteiger partial charge in [-0.3, -0.25) is 9.59 Å². The van der Waals surface area contributed by atoms with Crippen LogP contribution in [0.4, 0.5) is 0 Å². The standard InChI is InChI=1S/C25H29Cl2NO4/c1-4-21(15(2)29)28-23(16-8-10-18(26)11-9-16)20(17-6-5-7-19(27)12-17)13-25(3,24(28)32)14-22(30)31/h5-12,15,20-21,23,29H,4,13-14H2,1-3H3,(H,30,31)/t15-,20-,21+,23-,25-/m0/s1. The maximum absolute atomic E-state index is 13.9. The number of carbonyl (C=O) groups is 2. The first kappa shape index (κ1) is 24.6. The van der Waals surface area contributed by atoms with Crippen molar-refractivity contribution in [2.24, 2.45) is 5.41 Å². The van der Waals surface area contributed by atoms with Gasteiger partial charge in [0, 0.05) is 16.0 Å². The Morgan fingerprint density at radius 2 is 1.81 bits per heavy atom. The van der Waals surface area contributed by atoms with Crippen molar-refractivity contribution in [2.75, 3.05) is 0 Å². The fourth-order valence-electron chi connectivity index (χ4n) is 5.02. The van der Waals surface area contributed by atoms with Gasteiger partial charge in [-0.1, -0.05) is 61.3 Å². The highest BCUT2D eigenvalue weighted by atomic mass is 35.5. The second-order valence-corrected chi connectivity index (χ2v) is 9.79. The molecule has 5 atom stereocenters. The second-order valence-electron chi connectivity index (χ2n) is 8.92. The van der Waals surface area contributed by atoms with Gasteiger partial charge in [0.05, 0.1) is 30.0 Å². The summed E-state index contributed by atoms with van der Waals surface area (Å²) >= 11 is 12.4. The zero-order valence-corrected chi connectivity index (χ0v) is 20.0. The number of aliphatic hydroxyl groups is 1. The van der Waals surface area contributed by atoms with Gasteiger partial charge in [-0.15, -0.1) is 0 Å². The summed E-state index contributed by atoms with van der Waals surface area (Å²) in [7, 11) is 0. The first-order valence-electron chi connectivity index (χ1n) is 10.8. The number of carboxylic acid groups (broad SMARTS) is 1. The van der Waals surface area contributed by atoms with Crippen molar-refractivity contribution in [2.45, 2.75) is 64.1 Å². The molecule has 2 N–H and O–H groups in total. The van der Waals surface area contributed by atoms with E-state index in [0.29, 0.717) is 22.9 Å². The lowest BCUT2D eigenvalue weighted by atomic mass is 9.67. The number of rotatable bonds is 7. The number of aliphatic hydroxyl groups excluding tert-OH is 1. The number of hydrogen-bond donors (Lipinski definition) is 2. The third-order valence-electron chi connectivity index (χ3n) is 6.46. The average Bonchev–Trinajstić information content (AvgIpc) is 2.71. The molecule has 1 amide bonds. The Morgan fingerprint density at radius 1 is 1.16 bits per heavy atom. The molecule has 1 heterocycles. The van der Waals surface area contributed by atoms with Gasteiger partial charge >= 0.3 is 5.97 Å². The summed E-state index contributed by atoms with van der Waals surface area (Å²) in [6, 6.07) is 13.9. The van der Waals surface area contributed by atoms with Crippen LogP contribution in [0, 0.1) is 5.41 Å². The second kappa shape index (κ2) is 9.82. The molecule has 0 unspecified atom stereocenters. The number of carboxylic acids is 1. The molecule has 32 heavy (non-hydrogen) atoms. The van der Waals surface area contributed by atoms with Crippen LogP contribution in [0.5, 0.6) is 0 Å². The van der Waals surface area contributed by atoms with E-state index < -0.39 is 29.6 Å². The predicted molar refractivity (Wildman–Crippen MR) is 126 cm³/mol. The van der Waals surface area contributed by atoms with E-state index >= 15 is 0 Å².